The van der Waals surface area contributed by atoms with Crippen LogP contribution in [0, 0.1) is 0 Å². The molecule has 8 rings (SSSR count). The predicted molar refractivity (Wildman–Crippen MR) is 291 cm³/mol. The van der Waals surface area contributed by atoms with Gasteiger partial charge in [-0.05, 0) is 41.9 Å². The summed E-state index contributed by atoms with van der Waals surface area (Å²) in [5.74, 6) is -3.88. The second kappa shape index (κ2) is 43.4. The number of hydrogen-bond donors (Lipinski definition) is 6. The van der Waals surface area contributed by atoms with Gasteiger partial charge in [-0.2, -0.15) is 98.1 Å². The number of rotatable bonds is 12. The molecular formula is C46H80Cl2Cu2N16O13-12. The Morgan fingerprint density at radius 1 is 0.494 bits per heavy atom. The van der Waals surface area contributed by atoms with Crippen LogP contribution in [-0.2, 0) is 87.2 Å². The zero-order chi connectivity index (χ0) is 56.9. The van der Waals surface area contributed by atoms with Gasteiger partial charge in [-0.3, -0.25) is 28.8 Å². The van der Waals surface area contributed by atoms with E-state index in [0.29, 0.717) is 163 Å². The molecule has 8 aliphatic rings. The van der Waals surface area contributed by atoms with Gasteiger partial charge in [0.05, 0.1) is 0 Å². The standard InChI is InChI=1S/C21H36N8O4.C19H34N8O3.C4H6O4.C2H4O2.Cl2.2Cu/c1-17(30)28-20-11-22-5-8-25-14-21(15-26-9-6-23-12-20,16-27-10-7-24-13-20)29-18(31)3-2-4-19(32)33;20-18-10-21-4-7-24-13-19(14-25-8-5-22-11-18,15-26-9-6-23-12-18)27-16(28)2-1-3-17(29)30;1-3(5)6-4(2)7-8-4;1-2-3-4-2;1-2;;/h2-16H2,1H3,(H,28,30)(H,29,31)(H,32,33);1-15,20H2,(H,27,28)(H,29,30);1-2H3;2H,1H3;;;/q2*-6;;;;;. The van der Waals surface area contributed by atoms with Crippen LogP contribution in [0.15, 0.2) is 0 Å². The summed E-state index contributed by atoms with van der Waals surface area (Å²) < 4.78 is 4.47. The van der Waals surface area contributed by atoms with Gasteiger partial charge >= 0.3 is 23.9 Å². The molecule has 0 aromatic carbocycles. The molecule has 3 amide bonds. The van der Waals surface area contributed by atoms with E-state index in [0.717, 1.165) is 0 Å². The normalized spacial score (nSPS) is 26.9. The number of nitrogens with one attached hydrogen (secondary N) is 3. The van der Waals surface area contributed by atoms with Gasteiger partial charge in [-0.1, -0.05) is 0 Å². The topological polar surface area (TPSA) is 434 Å². The van der Waals surface area contributed by atoms with Crippen LogP contribution in [0.1, 0.15) is 66.2 Å². The first-order valence-electron chi connectivity index (χ1n) is 25.5. The number of carbonyl (C=O) groups excluding carboxylic acids is 4. The zero-order valence-corrected chi connectivity index (χ0v) is 48.9. The van der Waals surface area contributed by atoms with Crippen molar-refractivity contribution >= 4 is 57.3 Å². The summed E-state index contributed by atoms with van der Waals surface area (Å²) in [7, 11) is 8.22. The SMILES string of the molecule is CC(=O)NC12C[N-]CC[N-]CC(NC(=O)CCCC(=O)O)(C[N-]CC[N-]C1)C[N-]CC[N-]C2.CC(=O)OC1(C)OO1.CC1OO1.ClCl.NC12C[N-]CC[N-]CC(NC(=O)CCCC(=O)O)(C[N-]CC[N-]C1)C[N-]CC[N-]C2.[Cu].[Cu]. The largest absolute Gasteiger partial charge is 0.662 e. The molecule has 0 saturated carbocycles. The van der Waals surface area contributed by atoms with Crippen molar-refractivity contribution in [2.75, 3.05) is 157 Å². The van der Waals surface area contributed by atoms with E-state index in [9.17, 15) is 28.8 Å². The van der Waals surface area contributed by atoms with Crippen molar-refractivity contribution in [2.24, 2.45) is 5.73 Å². The first-order chi connectivity index (χ1) is 36.8. The Hall–Kier alpha value is -2.24. The average Bonchev–Trinajstić information content (AvgIpc) is 4.31. The maximum absolute atomic E-state index is 12.6. The summed E-state index contributed by atoms with van der Waals surface area (Å²) in [6.07, 6.45) is 0.832. The fourth-order valence-corrected chi connectivity index (χ4v) is 7.65. The molecule has 0 spiro atoms. The number of halogens is 2. The number of nitrogens with two attached hydrogens (primary N) is 1. The first kappa shape index (κ1) is 76.8. The van der Waals surface area contributed by atoms with E-state index in [1.54, 1.807) is 0 Å². The van der Waals surface area contributed by atoms with Crippen LogP contribution in [0.2, 0.25) is 0 Å². The molecule has 7 N–H and O–H groups in total. The fourth-order valence-electron chi connectivity index (χ4n) is 7.65. The Kier molecular flexibility index (Phi) is 42.2. The van der Waals surface area contributed by atoms with E-state index >= 15 is 0 Å². The van der Waals surface area contributed by atoms with Crippen LogP contribution in [0.3, 0.4) is 0 Å². The van der Waals surface area contributed by atoms with Crippen LogP contribution in [-0.4, -0.2) is 237 Å². The van der Waals surface area contributed by atoms with Gasteiger partial charge in [0.25, 0.3) is 0 Å². The Balaban J connectivity index is 0.00000121. The summed E-state index contributed by atoms with van der Waals surface area (Å²) in [4.78, 5) is 85.5. The van der Waals surface area contributed by atoms with Gasteiger partial charge in [0.2, 0.25) is 24.0 Å². The van der Waals surface area contributed by atoms with Crippen molar-refractivity contribution in [3.05, 3.63) is 63.8 Å². The quantitative estimate of drug-likeness (QED) is 0.0692. The molecule has 0 aliphatic carbocycles. The minimum absolute atomic E-state index is 0. The molecule has 4 bridgehead atoms. The van der Waals surface area contributed by atoms with Crippen molar-refractivity contribution in [3.63, 3.8) is 0 Å². The maximum Gasteiger partial charge on any atom is 0.380 e. The van der Waals surface area contributed by atoms with Crippen molar-refractivity contribution in [2.45, 2.75) is 101 Å². The number of nitrogens with zero attached hydrogens (tertiary/aromatic N) is 12. The van der Waals surface area contributed by atoms with Gasteiger partial charge in [0.15, 0.2) is 0 Å². The number of amides is 3. The van der Waals surface area contributed by atoms with Gasteiger partial charge in [-0.25, -0.2) is 0 Å². The molecule has 0 aromatic rings. The van der Waals surface area contributed by atoms with Crippen LogP contribution in [0.25, 0.3) is 63.8 Å². The molecule has 33 heteroatoms. The van der Waals surface area contributed by atoms with Crippen molar-refractivity contribution in [1.82, 2.24) is 16.0 Å². The number of carboxylic acid groups (broad SMARTS) is 2. The second-order valence-electron chi connectivity index (χ2n) is 19.1. The van der Waals surface area contributed by atoms with Gasteiger partial charge < -0.3 is 100 Å². The Morgan fingerprint density at radius 2 is 0.734 bits per heavy atom. The number of esters is 1. The zero-order valence-electron chi connectivity index (χ0n) is 45.5. The first-order valence-corrected chi connectivity index (χ1v) is 26.7. The van der Waals surface area contributed by atoms with E-state index < -0.39 is 46.0 Å². The number of ether oxygens (including phenoxy) is 1. The third-order valence-electron chi connectivity index (χ3n) is 11.3. The number of carboxylic acids is 2. The molecule has 470 valence electrons. The number of carbonyl (C=O) groups is 6. The molecular weight excluding hydrogens is 1180 g/mol. The molecule has 8 saturated heterocycles. The van der Waals surface area contributed by atoms with Gasteiger partial charge in [-0.15, -0.1) is 78.5 Å². The molecule has 8 aliphatic heterocycles. The van der Waals surface area contributed by atoms with Crippen LogP contribution >= 0.6 is 21.7 Å². The summed E-state index contributed by atoms with van der Waals surface area (Å²) in [5, 5.41) is 81.9. The Bertz CT molecular complexity index is 1640. The molecule has 8 fully saturated rings. The molecule has 8 heterocycles. The van der Waals surface area contributed by atoms with E-state index in [1.807, 2.05) is 6.92 Å². The summed E-state index contributed by atoms with van der Waals surface area (Å²) in [6.45, 7) is 17.0. The maximum atomic E-state index is 12.6. The Morgan fingerprint density at radius 3 is 0.924 bits per heavy atom. The number of aliphatic carboxylic acids is 2. The molecule has 0 unspecified atom stereocenters. The predicted octanol–water partition coefficient (Wildman–Crippen LogP) is 4.16. The monoisotopic (exact) mass is 1260 g/mol. The van der Waals surface area contributed by atoms with E-state index in [2.05, 4.69) is 126 Å². The van der Waals surface area contributed by atoms with Crippen LogP contribution in [0.5, 0.6) is 0 Å². The van der Waals surface area contributed by atoms with Crippen molar-refractivity contribution in [1.29, 1.82) is 0 Å². The van der Waals surface area contributed by atoms with Crippen molar-refractivity contribution < 1.29 is 97.4 Å². The van der Waals surface area contributed by atoms with Crippen LogP contribution < -0.4 is 21.7 Å². The van der Waals surface area contributed by atoms with Crippen molar-refractivity contribution in [3.8, 4) is 0 Å². The minimum atomic E-state index is -1.08. The number of fused-ring (bicyclic) bond motifs is 30. The summed E-state index contributed by atoms with van der Waals surface area (Å²) >= 11 is 0. The van der Waals surface area contributed by atoms with Gasteiger partial charge in [0.1, 0.15) is 0 Å². The molecule has 79 heavy (non-hydrogen) atoms. The van der Waals surface area contributed by atoms with E-state index in [4.69, 9.17) is 15.9 Å². The molecule has 29 nitrogen and oxygen atoms in total. The van der Waals surface area contributed by atoms with Crippen LogP contribution in [0.4, 0.5) is 0 Å². The molecule has 2 radical (unpaired) electrons. The summed E-state index contributed by atoms with van der Waals surface area (Å²) in [5.41, 5.74) is 3.79. The minimum Gasteiger partial charge on any atom is -0.662 e. The summed E-state index contributed by atoms with van der Waals surface area (Å²) in [6, 6.07) is 0. The average molecular weight is 1260 g/mol. The van der Waals surface area contributed by atoms with Gasteiger partial charge in [0, 0.05) is 102 Å². The Labute approximate surface area is 495 Å². The number of hydrogen-bond acceptors (Lipinski definition) is 12. The fraction of sp³-hybridized carbons (Fsp3) is 0.870. The van der Waals surface area contributed by atoms with E-state index in [-0.39, 0.29) is 90.3 Å². The van der Waals surface area contributed by atoms with E-state index in [1.165, 1.54) is 20.8 Å². The second-order valence-corrected chi connectivity index (χ2v) is 19.1. The smallest absolute Gasteiger partial charge is 0.380 e. The molecule has 0 aromatic heterocycles. The third-order valence-corrected chi connectivity index (χ3v) is 11.3. The third kappa shape index (κ3) is 38.3. The molecule has 0 atom stereocenters.